The van der Waals surface area contributed by atoms with Gasteiger partial charge in [0, 0.05) is 24.8 Å². The molecule has 0 aliphatic heterocycles. The maximum atomic E-state index is 12.0. The van der Waals surface area contributed by atoms with Crippen molar-refractivity contribution in [3.05, 3.63) is 22.7 Å². The Bertz CT molecular complexity index is 506. The fourth-order valence-corrected chi connectivity index (χ4v) is 2.83. The second-order valence-electron chi connectivity index (χ2n) is 5.29. The number of hydrogen-bond donors (Lipinski definition) is 1. The van der Waals surface area contributed by atoms with Gasteiger partial charge in [0.2, 0.25) is 0 Å². The number of nitrogens with two attached hydrogens (primary N) is 1. The number of carbonyl (C=O) groups excluding carboxylic acids is 1. The predicted molar refractivity (Wildman–Crippen MR) is 88.2 cm³/mol. The van der Waals surface area contributed by atoms with Crippen molar-refractivity contribution in [2.24, 2.45) is 0 Å². The van der Waals surface area contributed by atoms with Gasteiger partial charge in [-0.3, -0.25) is 0 Å². The van der Waals surface area contributed by atoms with Gasteiger partial charge in [-0.15, -0.1) is 0 Å². The van der Waals surface area contributed by atoms with Crippen LogP contribution in [0.5, 0.6) is 0 Å². The maximum absolute atomic E-state index is 12.0. The summed E-state index contributed by atoms with van der Waals surface area (Å²) in [6.07, 6.45) is 0. The smallest absolute Gasteiger partial charge is 0.340 e. The number of benzene rings is 1. The van der Waals surface area contributed by atoms with Crippen molar-refractivity contribution in [3.63, 3.8) is 0 Å². The molecule has 21 heavy (non-hydrogen) atoms. The first kappa shape index (κ1) is 17.6. The first-order chi connectivity index (χ1) is 9.81. The van der Waals surface area contributed by atoms with Crippen LogP contribution in [0.4, 0.5) is 11.4 Å². The fourth-order valence-electron chi connectivity index (χ4n) is 2.49. The summed E-state index contributed by atoms with van der Waals surface area (Å²) < 4.78 is 4.85. The zero-order valence-electron chi connectivity index (χ0n) is 13.3. The van der Waals surface area contributed by atoms with Gasteiger partial charge in [0.15, 0.2) is 0 Å². The van der Waals surface area contributed by atoms with E-state index in [2.05, 4.69) is 16.7 Å². The van der Waals surface area contributed by atoms with E-state index in [1.54, 1.807) is 12.1 Å². The predicted octanol–water partition coefficient (Wildman–Crippen LogP) is 2.49. The summed E-state index contributed by atoms with van der Waals surface area (Å²) in [6.45, 7) is 5.69. The first-order valence-corrected chi connectivity index (χ1v) is 7.28. The van der Waals surface area contributed by atoms with Gasteiger partial charge >= 0.3 is 5.97 Å². The molecule has 0 aliphatic carbocycles. The minimum Gasteiger partial charge on any atom is -0.465 e. The van der Waals surface area contributed by atoms with Crippen LogP contribution >= 0.6 is 11.6 Å². The van der Waals surface area contributed by atoms with Crippen molar-refractivity contribution in [1.82, 2.24) is 4.90 Å². The van der Waals surface area contributed by atoms with Crippen LogP contribution in [0.25, 0.3) is 0 Å². The molecule has 0 aromatic heterocycles. The van der Waals surface area contributed by atoms with E-state index < -0.39 is 5.97 Å². The van der Waals surface area contributed by atoms with Gasteiger partial charge in [-0.25, -0.2) is 4.79 Å². The van der Waals surface area contributed by atoms with Crippen molar-refractivity contribution < 1.29 is 9.53 Å². The van der Waals surface area contributed by atoms with Crippen molar-refractivity contribution in [3.8, 4) is 0 Å². The van der Waals surface area contributed by atoms with Crippen LogP contribution in [0.2, 0.25) is 5.02 Å². The molecule has 2 N–H and O–H groups in total. The molecule has 0 saturated heterocycles. The van der Waals surface area contributed by atoms with Crippen molar-refractivity contribution in [2.45, 2.75) is 19.9 Å². The highest BCUT2D eigenvalue weighted by atomic mass is 35.5. The van der Waals surface area contributed by atoms with E-state index in [0.717, 1.165) is 13.1 Å². The molecule has 0 fully saturated rings. The number of likely N-dealkylation sites (N-methyl/N-ethyl adjacent to an activating group) is 2. The summed E-state index contributed by atoms with van der Waals surface area (Å²) in [7, 11) is 5.37. The quantitative estimate of drug-likeness (QED) is 0.646. The Morgan fingerprint density at radius 3 is 2.52 bits per heavy atom. The highest BCUT2D eigenvalue weighted by Crippen LogP contribution is 2.34. The van der Waals surface area contributed by atoms with Crippen LogP contribution in [0.3, 0.4) is 0 Å². The lowest BCUT2D eigenvalue weighted by Gasteiger charge is -2.34. The lowest BCUT2D eigenvalue weighted by atomic mass is 10.1. The molecule has 1 aromatic carbocycles. The summed E-state index contributed by atoms with van der Waals surface area (Å²) in [5.41, 5.74) is 7.32. The molecule has 1 rings (SSSR count). The molecule has 118 valence electrons. The summed E-state index contributed by atoms with van der Waals surface area (Å²) in [4.78, 5) is 16.2. The summed E-state index contributed by atoms with van der Waals surface area (Å²) in [5.74, 6) is -0.435. The second-order valence-corrected chi connectivity index (χ2v) is 5.69. The summed E-state index contributed by atoms with van der Waals surface area (Å²) >= 11 is 6.35. The van der Waals surface area contributed by atoms with Crippen LogP contribution in [0, 0.1) is 0 Å². The SMILES string of the molecule is CCN(c1c(Cl)cc(N)cc1C(=O)OC)C(C)CN(C)C. The standard InChI is InChI=1S/C15H24ClN3O2/c1-6-19(10(2)9-18(3)4)14-12(15(20)21-5)7-11(17)8-13(14)16/h7-8,10H,6,9,17H2,1-5H3. The fraction of sp³-hybridized carbons (Fsp3) is 0.533. The number of halogens is 1. The van der Waals surface area contributed by atoms with Crippen LogP contribution < -0.4 is 10.6 Å². The second kappa shape index (κ2) is 7.52. The normalized spacial score (nSPS) is 12.3. The van der Waals surface area contributed by atoms with Gasteiger partial charge in [-0.1, -0.05) is 11.6 Å². The molecular formula is C15H24ClN3O2. The third-order valence-electron chi connectivity index (χ3n) is 3.28. The average Bonchev–Trinajstić information content (AvgIpc) is 2.39. The van der Waals surface area contributed by atoms with E-state index in [1.165, 1.54) is 7.11 Å². The van der Waals surface area contributed by atoms with Gasteiger partial charge in [0.25, 0.3) is 0 Å². The number of nitrogen functional groups attached to an aromatic ring is 1. The monoisotopic (exact) mass is 313 g/mol. The molecule has 0 heterocycles. The molecular weight excluding hydrogens is 290 g/mol. The molecule has 1 unspecified atom stereocenters. The Morgan fingerprint density at radius 2 is 2.05 bits per heavy atom. The number of nitrogens with zero attached hydrogens (tertiary/aromatic N) is 2. The Labute approximate surface area is 131 Å². The van der Waals surface area contributed by atoms with E-state index in [0.29, 0.717) is 22.0 Å². The minimum atomic E-state index is -0.435. The summed E-state index contributed by atoms with van der Waals surface area (Å²) in [6, 6.07) is 3.46. The maximum Gasteiger partial charge on any atom is 0.340 e. The van der Waals surface area contributed by atoms with E-state index in [1.807, 2.05) is 21.0 Å². The molecule has 0 saturated carbocycles. The molecule has 0 radical (unpaired) electrons. The van der Waals surface area contributed by atoms with Crippen molar-refractivity contribution in [2.75, 3.05) is 44.9 Å². The van der Waals surface area contributed by atoms with Gasteiger partial charge in [0.1, 0.15) is 0 Å². The molecule has 5 nitrogen and oxygen atoms in total. The number of anilines is 2. The molecule has 1 aromatic rings. The largest absolute Gasteiger partial charge is 0.465 e. The Hall–Kier alpha value is -1.46. The lowest BCUT2D eigenvalue weighted by molar-refractivity contribution is 0.0601. The molecule has 6 heteroatoms. The Morgan fingerprint density at radius 1 is 1.43 bits per heavy atom. The topological polar surface area (TPSA) is 58.8 Å². The summed E-state index contributed by atoms with van der Waals surface area (Å²) in [5, 5.41) is 0.461. The van der Waals surface area contributed by atoms with Gasteiger partial charge in [0.05, 0.1) is 23.4 Å². The van der Waals surface area contributed by atoms with Gasteiger partial charge in [-0.05, 0) is 40.1 Å². The van der Waals surface area contributed by atoms with Crippen LogP contribution in [0.1, 0.15) is 24.2 Å². The van der Waals surface area contributed by atoms with Crippen LogP contribution in [-0.4, -0.2) is 51.2 Å². The Kier molecular flexibility index (Phi) is 6.30. The third kappa shape index (κ3) is 4.25. The van der Waals surface area contributed by atoms with Crippen LogP contribution in [0.15, 0.2) is 12.1 Å². The first-order valence-electron chi connectivity index (χ1n) is 6.90. The number of methoxy groups -OCH3 is 1. The zero-order chi connectivity index (χ0) is 16.2. The number of esters is 1. The highest BCUT2D eigenvalue weighted by molar-refractivity contribution is 6.34. The molecule has 0 aliphatic rings. The number of hydrogen-bond acceptors (Lipinski definition) is 5. The molecule has 0 spiro atoms. The number of carbonyl (C=O) groups is 1. The van der Waals surface area contributed by atoms with E-state index in [-0.39, 0.29) is 6.04 Å². The molecule has 0 bridgehead atoms. The zero-order valence-corrected chi connectivity index (χ0v) is 14.1. The molecule has 1 atom stereocenters. The van der Waals surface area contributed by atoms with Crippen molar-refractivity contribution >= 4 is 28.9 Å². The Balaban J connectivity index is 3.34. The van der Waals surface area contributed by atoms with Crippen molar-refractivity contribution in [1.29, 1.82) is 0 Å². The van der Waals surface area contributed by atoms with E-state index in [9.17, 15) is 4.79 Å². The average molecular weight is 314 g/mol. The minimum absolute atomic E-state index is 0.189. The lowest BCUT2D eigenvalue weighted by Crippen LogP contribution is -2.41. The molecule has 0 amide bonds. The highest BCUT2D eigenvalue weighted by Gasteiger charge is 2.24. The number of ether oxygens (including phenoxy) is 1. The van der Waals surface area contributed by atoms with Gasteiger partial charge < -0.3 is 20.3 Å². The van der Waals surface area contributed by atoms with Crippen LogP contribution in [-0.2, 0) is 4.74 Å². The van der Waals surface area contributed by atoms with E-state index >= 15 is 0 Å². The third-order valence-corrected chi connectivity index (χ3v) is 3.57. The van der Waals surface area contributed by atoms with Gasteiger partial charge in [-0.2, -0.15) is 0 Å². The number of rotatable bonds is 6. The van der Waals surface area contributed by atoms with E-state index in [4.69, 9.17) is 22.1 Å².